The number of primary amides is 1. The van der Waals surface area contributed by atoms with Crippen molar-refractivity contribution in [2.75, 3.05) is 32.7 Å². The van der Waals surface area contributed by atoms with Gasteiger partial charge in [0.25, 0.3) is 0 Å². The first-order valence-electron chi connectivity index (χ1n) is 4.96. The molecule has 1 fully saturated rings. The highest BCUT2D eigenvalue weighted by Gasteiger charge is 2.25. The zero-order chi connectivity index (χ0) is 9.68. The number of nitrogens with zero attached hydrogens (tertiary/aromatic N) is 1. The minimum Gasteiger partial charge on any atom is -0.369 e. The van der Waals surface area contributed by atoms with Gasteiger partial charge in [0.2, 0.25) is 5.91 Å². The molecule has 1 amide bonds. The van der Waals surface area contributed by atoms with Crippen LogP contribution in [0.2, 0.25) is 0 Å². The molecular formula is C9H19N3O. The van der Waals surface area contributed by atoms with Crippen molar-refractivity contribution in [2.24, 2.45) is 11.7 Å². The van der Waals surface area contributed by atoms with Gasteiger partial charge >= 0.3 is 0 Å². The van der Waals surface area contributed by atoms with Crippen LogP contribution in [0.1, 0.15) is 13.3 Å². The third-order valence-corrected chi connectivity index (χ3v) is 2.53. The number of likely N-dealkylation sites (N-methyl/N-ethyl adjacent to an activating group) is 1. The largest absolute Gasteiger partial charge is 0.369 e. The van der Waals surface area contributed by atoms with E-state index in [1.807, 2.05) is 0 Å². The number of carbonyl (C=O) groups is 1. The molecule has 1 atom stereocenters. The van der Waals surface area contributed by atoms with Crippen molar-refractivity contribution < 1.29 is 4.79 Å². The molecule has 0 aromatic carbocycles. The van der Waals surface area contributed by atoms with Gasteiger partial charge in [-0.2, -0.15) is 0 Å². The van der Waals surface area contributed by atoms with Gasteiger partial charge in [0.1, 0.15) is 0 Å². The lowest BCUT2D eigenvalue weighted by Crippen LogP contribution is -2.32. The number of likely N-dealkylation sites (tertiary alicyclic amines) is 1. The number of nitrogens with two attached hydrogens (primary N) is 1. The summed E-state index contributed by atoms with van der Waals surface area (Å²) in [6.45, 7) is 6.99. The van der Waals surface area contributed by atoms with E-state index in [-0.39, 0.29) is 11.8 Å². The van der Waals surface area contributed by atoms with E-state index < -0.39 is 0 Å². The molecule has 0 spiro atoms. The number of hydrogen-bond acceptors (Lipinski definition) is 3. The molecule has 76 valence electrons. The Morgan fingerprint density at radius 2 is 2.46 bits per heavy atom. The van der Waals surface area contributed by atoms with Crippen LogP contribution in [0.4, 0.5) is 0 Å². The maximum Gasteiger partial charge on any atom is 0.221 e. The summed E-state index contributed by atoms with van der Waals surface area (Å²) in [7, 11) is 0. The van der Waals surface area contributed by atoms with E-state index in [2.05, 4.69) is 17.1 Å². The second kappa shape index (κ2) is 5.19. The molecule has 1 heterocycles. The molecule has 1 rings (SSSR count). The molecule has 0 bridgehead atoms. The van der Waals surface area contributed by atoms with Crippen molar-refractivity contribution >= 4 is 5.91 Å². The summed E-state index contributed by atoms with van der Waals surface area (Å²) in [5.74, 6) is -0.0624. The lowest BCUT2D eigenvalue weighted by atomic mass is 10.1. The van der Waals surface area contributed by atoms with Crippen LogP contribution >= 0.6 is 0 Å². The molecule has 1 unspecified atom stereocenters. The van der Waals surface area contributed by atoms with Gasteiger partial charge in [0.15, 0.2) is 0 Å². The van der Waals surface area contributed by atoms with E-state index in [4.69, 9.17) is 5.73 Å². The number of hydrogen-bond donors (Lipinski definition) is 2. The Morgan fingerprint density at radius 1 is 1.69 bits per heavy atom. The average Bonchev–Trinajstić information content (AvgIpc) is 2.53. The van der Waals surface area contributed by atoms with Crippen LogP contribution in [0.25, 0.3) is 0 Å². The molecule has 0 radical (unpaired) electrons. The normalized spacial score (nSPS) is 23.6. The maximum absolute atomic E-state index is 10.9. The number of rotatable bonds is 5. The lowest BCUT2D eigenvalue weighted by molar-refractivity contribution is -0.121. The number of amides is 1. The quantitative estimate of drug-likeness (QED) is 0.562. The molecule has 13 heavy (non-hydrogen) atoms. The second-order valence-electron chi connectivity index (χ2n) is 3.54. The fourth-order valence-electron chi connectivity index (χ4n) is 1.68. The Kier molecular flexibility index (Phi) is 4.18. The highest BCUT2D eigenvalue weighted by molar-refractivity contribution is 5.77. The predicted octanol–water partition coefficient (Wildman–Crippen LogP) is -0.597. The van der Waals surface area contributed by atoms with Crippen molar-refractivity contribution in [1.82, 2.24) is 10.2 Å². The zero-order valence-corrected chi connectivity index (χ0v) is 8.25. The second-order valence-corrected chi connectivity index (χ2v) is 3.54. The fraction of sp³-hybridized carbons (Fsp3) is 0.889. The van der Waals surface area contributed by atoms with E-state index >= 15 is 0 Å². The average molecular weight is 185 g/mol. The van der Waals surface area contributed by atoms with Crippen LogP contribution in [0.5, 0.6) is 0 Å². The van der Waals surface area contributed by atoms with Crippen molar-refractivity contribution in [3.63, 3.8) is 0 Å². The lowest BCUT2D eigenvalue weighted by Gasteiger charge is -2.14. The van der Waals surface area contributed by atoms with Crippen LogP contribution in [0.3, 0.4) is 0 Å². The van der Waals surface area contributed by atoms with E-state index in [0.717, 1.165) is 39.1 Å². The summed E-state index contributed by atoms with van der Waals surface area (Å²) in [6.07, 6.45) is 0.932. The summed E-state index contributed by atoms with van der Waals surface area (Å²) in [5.41, 5.74) is 5.23. The van der Waals surface area contributed by atoms with Crippen molar-refractivity contribution in [2.45, 2.75) is 13.3 Å². The van der Waals surface area contributed by atoms with Crippen LogP contribution in [-0.2, 0) is 4.79 Å². The first-order chi connectivity index (χ1) is 6.24. The monoisotopic (exact) mass is 185 g/mol. The molecule has 0 aromatic rings. The molecule has 4 nitrogen and oxygen atoms in total. The fourth-order valence-corrected chi connectivity index (χ4v) is 1.68. The third kappa shape index (κ3) is 3.32. The molecule has 0 saturated carbocycles. The smallest absolute Gasteiger partial charge is 0.221 e. The van der Waals surface area contributed by atoms with Crippen molar-refractivity contribution in [1.29, 1.82) is 0 Å². The third-order valence-electron chi connectivity index (χ3n) is 2.53. The van der Waals surface area contributed by atoms with Crippen LogP contribution < -0.4 is 11.1 Å². The highest BCUT2D eigenvalue weighted by Crippen LogP contribution is 2.14. The molecule has 1 aliphatic rings. The molecule has 4 heteroatoms. The first-order valence-corrected chi connectivity index (χ1v) is 4.96. The van der Waals surface area contributed by atoms with Gasteiger partial charge in [0.05, 0.1) is 5.92 Å². The van der Waals surface area contributed by atoms with Gasteiger partial charge in [0, 0.05) is 19.6 Å². The van der Waals surface area contributed by atoms with Gasteiger partial charge in [-0.05, 0) is 19.5 Å². The van der Waals surface area contributed by atoms with Crippen molar-refractivity contribution in [3.8, 4) is 0 Å². The minimum absolute atomic E-state index is 0.0848. The SMILES string of the molecule is CCNCCN1CCC(C(N)=O)C1. The predicted molar refractivity (Wildman–Crippen MR) is 52.3 cm³/mol. The summed E-state index contributed by atoms with van der Waals surface area (Å²) in [4.78, 5) is 13.1. The molecule has 1 saturated heterocycles. The van der Waals surface area contributed by atoms with Crippen LogP contribution in [-0.4, -0.2) is 43.5 Å². The van der Waals surface area contributed by atoms with Gasteiger partial charge in [-0.1, -0.05) is 6.92 Å². The Labute approximate surface area is 79.5 Å². The van der Waals surface area contributed by atoms with Gasteiger partial charge in [-0.25, -0.2) is 0 Å². The van der Waals surface area contributed by atoms with Gasteiger partial charge in [-0.15, -0.1) is 0 Å². The Hall–Kier alpha value is -0.610. The minimum atomic E-state index is -0.147. The highest BCUT2D eigenvalue weighted by atomic mass is 16.1. The maximum atomic E-state index is 10.9. The number of nitrogens with one attached hydrogen (secondary N) is 1. The zero-order valence-electron chi connectivity index (χ0n) is 8.25. The molecule has 0 aliphatic carbocycles. The Balaban J connectivity index is 2.14. The van der Waals surface area contributed by atoms with Crippen LogP contribution in [0, 0.1) is 5.92 Å². The van der Waals surface area contributed by atoms with E-state index in [0.29, 0.717) is 0 Å². The molecule has 0 aromatic heterocycles. The van der Waals surface area contributed by atoms with Crippen molar-refractivity contribution in [3.05, 3.63) is 0 Å². The van der Waals surface area contributed by atoms with Gasteiger partial charge in [-0.3, -0.25) is 4.79 Å². The first kappa shape index (κ1) is 10.5. The number of carbonyl (C=O) groups excluding carboxylic acids is 1. The topological polar surface area (TPSA) is 58.4 Å². The van der Waals surface area contributed by atoms with E-state index in [1.54, 1.807) is 0 Å². The molecular weight excluding hydrogens is 166 g/mol. The van der Waals surface area contributed by atoms with Crippen LogP contribution in [0.15, 0.2) is 0 Å². The van der Waals surface area contributed by atoms with Gasteiger partial charge < -0.3 is 16.0 Å². The standard InChI is InChI=1S/C9H19N3O/c1-2-11-4-6-12-5-3-8(7-12)9(10)13/h8,11H,2-7H2,1H3,(H2,10,13). The van der Waals surface area contributed by atoms with E-state index in [9.17, 15) is 4.79 Å². The summed E-state index contributed by atoms with van der Waals surface area (Å²) in [5, 5.41) is 3.26. The van der Waals surface area contributed by atoms with E-state index in [1.165, 1.54) is 0 Å². The Morgan fingerprint density at radius 3 is 3.00 bits per heavy atom. The summed E-state index contributed by atoms with van der Waals surface area (Å²) in [6, 6.07) is 0. The summed E-state index contributed by atoms with van der Waals surface area (Å²) < 4.78 is 0. The Bertz CT molecular complexity index is 172. The molecule has 1 aliphatic heterocycles. The molecule has 3 N–H and O–H groups in total. The summed E-state index contributed by atoms with van der Waals surface area (Å²) >= 11 is 0.